The van der Waals surface area contributed by atoms with Crippen molar-refractivity contribution in [1.82, 2.24) is 9.80 Å². The van der Waals surface area contributed by atoms with Crippen LogP contribution in [-0.2, 0) is 0 Å². The summed E-state index contributed by atoms with van der Waals surface area (Å²) >= 11 is 0. The minimum Gasteiger partial charge on any atom is -0.391 e. The lowest BCUT2D eigenvalue weighted by molar-refractivity contribution is 0.0438. The van der Waals surface area contributed by atoms with Crippen LogP contribution >= 0.6 is 0 Å². The van der Waals surface area contributed by atoms with Gasteiger partial charge in [0.15, 0.2) is 0 Å². The van der Waals surface area contributed by atoms with E-state index in [4.69, 9.17) is 10.2 Å². The second-order valence-corrected chi connectivity index (χ2v) is 3.61. The Morgan fingerprint density at radius 1 is 1.07 bits per heavy atom. The molecule has 0 bridgehead atoms. The maximum Gasteiger partial charge on any atom is 0.319 e. The molecule has 5 nitrogen and oxygen atoms in total. The van der Waals surface area contributed by atoms with Crippen LogP contribution in [0.3, 0.4) is 0 Å². The lowest BCUT2D eigenvalue weighted by atomic mass is 10.3. The highest BCUT2D eigenvalue weighted by Gasteiger charge is 2.20. The van der Waals surface area contributed by atoms with Crippen LogP contribution in [-0.4, -0.2) is 65.4 Å². The number of amides is 2. The summed E-state index contributed by atoms with van der Waals surface area (Å²) in [6.07, 6.45) is -1.19. The zero-order chi connectivity index (χ0) is 11.3. The molecule has 0 aromatic carbocycles. The Morgan fingerprint density at radius 3 is 1.43 bits per heavy atom. The van der Waals surface area contributed by atoms with E-state index in [1.165, 1.54) is 0 Å². The largest absolute Gasteiger partial charge is 0.391 e. The summed E-state index contributed by atoms with van der Waals surface area (Å²) in [6, 6.07) is 0.130. The predicted octanol–water partition coefficient (Wildman–Crippen LogP) is -0.268. The van der Waals surface area contributed by atoms with Crippen LogP contribution in [0.2, 0.25) is 0 Å². The van der Waals surface area contributed by atoms with Crippen molar-refractivity contribution < 1.29 is 15.0 Å². The smallest absolute Gasteiger partial charge is 0.319 e. The molecule has 1 heterocycles. The van der Waals surface area contributed by atoms with Crippen molar-refractivity contribution >= 4 is 6.03 Å². The summed E-state index contributed by atoms with van der Waals surface area (Å²) in [7, 11) is 3.62. The van der Waals surface area contributed by atoms with Crippen molar-refractivity contribution in [2.45, 2.75) is 26.1 Å². The molecule has 1 fully saturated rings. The topological polar surface area (TPSA) is 64.0 Å². The van der Waals surface area contributed by atoms with Gasteiger partial charge in [0.2, 0.25) is 0 Å². The Hall–Kier alpha value is -0.810. The number of aliphatic hydroxyl groups excluding tert-OH is 2. The maximum atomic E-state index is 10.8. The third-order valence-electron chi connectivity index (χ3n) is 2.12. The highest BCUT2D eigenvalue weighted by atomic mass is 16.3. The van der Waals surface area contributed by atoms with Crippen LogP contribution in [0.5, 0.6) is 0 Å². The normalized spacial score (nSPS) is 20.3. The Morgan fingerprint density at radius 2 is 1.36 bits per heavy atom. The molecule has 14 heavy (non-hydrogen) atoms. The Labute approximate surface area is 84.9 Å². The molecule has 1 saturated heterocycles. The molecule has 0 aliphatic carbocycles. The summed E-state index contributed by atoms with van der Waals surface area (Å²) in [6.45, 7) is 4.83. The number of carbonyl (C=O) groups excluding carboxylic acids is 1. The molecule has 0 saturated carbocycles. The molecule has 0 aromatic rings. The van der Waals surface area contributed by atoms with Gasteiger partial charge in [0.1, 0.15) is 0 Å². The first-order chi connectivity index (χ1) is 6.36. The summed E-state index contributed by atoms with van der Waals surface area (Å²) in [5.74, 6) is 0. The van der Waals surface area contributed by atoms with Crippen LogP contribution in [0.25, 0.3) is 0 Å². The molecule has 0 radical (unpaired) electrons. The number of likely N-dealkylation sites (N-methyl/N-ethyl adjacent to an activating group) is 2. The second-order valence-electron chi connectivity index (χ2n) is 3.61. The highest BCUT2D eigenvalue weighted by molar-refractivity contribution is 5.75. The van der Waals surface area contributed by atoms with Gasteiger partial charge in [-0.15, -0.1) is 0 Å². The number of nitrogens with zero attached hydrogens (tertiary/aromatic N) is 2. The fourth-order valence-electron chi connectivity index (χ4n) is 0.783. The SMILES string of the molecule is CC(O)C(C)O.CN1CCN(C)C1=O. The molecule has 0 spiro atoms. The highest BCUT2D eigenvalue weighted by Crippen LogP contribution is 2.00. The summed E-state index contributed by atoms with van der Waals surface area (Å²) < 4.78 is 0. The molecule has 2 unspecified atom stereocenters. The Bertz CT molecular complexity index is 165. The van der Waals surface area contributed by atoms with Gasteiger partial charge in [0, 0.05) is 27.2 Å². The molecule has 84 valence electrons. The van der Waals surface area contributed by atoms with E-state index in [1.807, 2.05) is 14.1 Å². The molecule has 5 heteroatoms. The van der Waals surface area contributed by atoms with Gasteiger partial charge in [-0.1, -0.05) is 0 Å². The number of rotatable bonds is 1. The van der Waals surface area contributed by atoms with E-state index < -0.39 is 12.2 Å². The fourth-order valence-corrected chi connectivity index (χ4v) is 0.783. The van der Waals surface area contributed by atoms with Crippen molar-refractivity contribution in [2.75, 3.05) is 27.2 Å². The number of urea groups is 1. The molecule has 1 aliphatic rings. The average Bonchev–Trinajstić information content (AvgIpc) is 2.37. The Kier molecular flexibility index (Phi) is 5.49. The standard InChI is InChI=1S/C5H10N2O.C4H10O2/c1-6-3-4-7(2)5(6)8;1-3(5)4(2)6/h3-4H2,1-2H3;3-6H,1-2H3. The van der Waals surface area contributed by atoms with Crippen molar-refractivity contribution in [1.29, 1.82) is 0 Å². The van der Waals surface area contributed by atoms with Crippen LogP contribution < -0.4 is 0 Å². The van der Waals surface area contributed by atoms with Gasteiger partial charge in [-0.05, 0) is 13.8 Å². The fraction of sp³-hybridized carbons (Fsp3) is 0.889. The van der Waals surface area contributed by atoms with E-state index in [0.717, 1.165) is 13.1 Å². The molecule has 0 aromatic heterocycles. The quantitative estimate of drug-likeness (QED) is 0.618. The van der Waals surface area contributed by atoms with Gasteiger partial charge in [0.05, 0.1) is 12.2 Å². The summed E-state index contributed by atoms with van der Waals surface area (Å²) in [4.78, 5) is 14.2. The van der Waals surface area contributed by atoms with Crippen LogP contribution in [0.15, 0.2) is 0 Å². The molecule has 2 N–H and O–H groups in total. The van der Waals surface area contributed by atoms with Gasteiger partial charge in [0.25, 0.3) is 0 Å². The van der Waals surface area contributed by atoms with E-state index >= 15 is 0 Å². The van der Waals surface area contributed by atoms with Gasteiger partial charge < -0.3 is 20.0 Å². The van der Waals surface area contributed by atoms with Crippen molar-refractivity contribution in [3.8, 4) is 0 Å². The van der Waals surface area contributed by atoms with Gasteiger partial charge in [-0.3, -0.25) is 0 Å². The lowest BCUT2D eigenvalue weighted by Crippen LogP contribution is -2.25. The van der Waals surface area contributed by atoms with Gasteiger partial charge in [-0.2, -0.15) is 0 Å². The molecule has 1 rings (SSSR count). The number of hydrogen-bond donors (Lipinski definition) is 2. The first-order valence-corrected chi connectivity index (χ1v) is 4.68. The first-order valence-electron chi connectivity index (χ1n) is 4.68. The monoisotopic (exact) mass is 204 g/mol. The number of aliphatic hydroxyl groups is 2. The van der Waals surface area contributed by atoms with E-state index in [9.17, 15) is 4.79 Å². The van der Waals surface area contributed by atoms with E-state index in [0.29, 0.717) is 0 Å². The molecular formula is C9H20N2O3. The van der Waals surface area contributed by atoms with Crippen molar-refractivity contribution in [3.63, 3.8) is 0 Å². The average molecular weight is 204 g/mol. The predicted molar refractivity (Wildman–Crippen MR) is 54.0 cm³/mol. The van der Waals surface area contributed by atoms with Gasteiger partial charge in [-0.25, -0.2) is 4.79 Å². The zero-order valence-corrected chi connectivity index (χ0v) is 9.27. The Balaban J connectivity index is 0.000000255. The lowest BCUT2D eigenvalue weighted by Gasteiger charge is -2.07. The number of carbonyl (C=O) groups is 1. The minimum atomic E-state index is -0.593. The molecule has 2 amide bonds. The first kappa shape index (κ1) is 13.2. The zero-order valence-electron chi connectivity index (χ0n) is 9.27. The van der Waals surface area contributed by atoms with Crippen LogP contribution in [0.1, 0.15) is 13.8 Å². The van der Waals surface area contributed by atoms with E-state index in [2.05, 4.69) is 0 Å². The van der Waals surface area contributed by atoms with Crippen molar-refractivity contribution in [2.24, 2.45) is 0 Å². The number of hydrogen-bond acceptors (Lipinski definition) is 3. The summed E-state index contributed by atoms with van der Waals surface area (Å²) in [5.41, 5.74) is 0. The van der Waals surface area contributed by atoms with Crippen molar-refractivity contribution in [3.05, 3.63) is 0 Å². The van der Waals surface area contributed by atoms with Crippen LogP contribution in [0, 0.1) is 0 Å². The molecule has 1 aliphatic heterocycles. The third-order valence-corrected chi connectivity index (χ3v) is 2.12. The molecule has 2 atom stereocenters. The van der Waals surface area contributed by atoms with E-state index in [1.54, 1.807) is 23.6 Å². The van der Waals surface area contributed by atoms with Gasteiger partial charge >= 0.3 is 6.03 Å². The third kappa shape index (κ3) is 4.43. The molecular weight excluding hydrogens is 184 g/mol. The van der Waals surface area contributed by atoms with Crippen LogP contribution in [0.4, 0.5) is 4.79 Å². The maximum absolute atomic E-state index is 10.8. The van der Waals surface area contributed by atoms with E-state index in [-0.39, 0.29) is 6.03 Å². The minimum absolute atomic E-state index is 0.130. The second kappa shape index (κ2) is 5.82. The summed E-state index contributed by atoms with van der Waals surface area (Å²) in [5, 5.41) is 16.8.